The Labute approximate surface area is 162 Å². The highest BCUT2D eigenvalue weighted by molar-refractivity contribution is 5.58. The first-order chi connectivity index (χ1) is 13.2. The Bertz CT molecular complexity index is 738. The predicted octanol–water partition coefficient (Wildman–Crippen LogP) is 2.22. The van der Waals surface area contributed by atoms with Crippen molar-refractivity contribution in [2.24, 2.45) is 7.05 Å². The predicted molar refractivity (Wildman–Crippen MR) is 108 cm³/mol. The van der Waals surface area contributed by atoms with Crippen molar-refractivity contribution < 1.29 is 4.74 Å². The van der Waals surface area contributed by atoms with Crippen LogP contribution in [0.1, 0.15) is 18.7 Å². The second-order valence-electron chi connectivity index (χ2n) is 7.68. The largest absolute Gasteiger partial charge is 0.495 e. The van der Waals surface area contributed by atoms with Crippen LogP contribution in [0.15, 0.2) is 36.7 Å². The summed E-state index contributed by atoms with van der Waals surface area (Å²) in [4.78, 5) is 12.2. The minimum atomic E-state index is 0.666. The number of piperidine rings is 1. The summed E-state index contributed by atoms with van der Waals surface area (Å²) in [6.07, 6.45) is 6.52. The summed E-state index contributed by atoms with van der Waals surface area (Å²) in [6, 6.07) is 9.03. The van der Waals surface area contributed by atoms with E-state index in [4.69, 9.17) is 4.74 Å². The number of para-hydroxylation sites is 2. The first kappa shape index (κ1) is 18.3. The van der Waals surface area contributed by atoms with Crippen LogP contribution >= 0.6 is 0 Å². The highest BCUT2D eigenvalue weighted by atomic mass is 16.5. The van der Waals surface area contributed by atoms with Crippen molar-refractivity contribution in [2.45, 2.75) is 25.4 Å². The van der Waals surface area contributed by atoms with Crippen molar-refractivity contribution in [3.63, 3.8) is 0 Å². The smallest absolute Gasteiger partial charge is 0.142 e. The molecule has 0 saturated carbocycles. The average molecular weight is 370 g/mol. The molecule has 0 unspecified atom stereocenters. The van der Waals surface area contributed by atoms with Gasteiger partial charge >= 0.3 is 0 Å². The van der Waals surface area contributed by atoms with E-state index in [1.165, 1.54) is 25.1 Å². The lowest BCUT2D eigenvalue weighted by molar-refractivity contribution is 0.0868. The summed E-state index contributed by atoms with van der Waals surface area (Å²) in [5, 5.41) is 0. The molecular formula is C21H31N5O. The van der Waals surface area contributed by atoms with Gasteiger partial charge in [-0.1, -0.05) is 12.1 Å². The maximum atomic E-state index is 5.55. The molecule has 2 aliphatic rings. The third kappa shape index (κ3) is 4.12. The topological polar surface area (TPSA) is 36.8 Å². The van der Waals surface area contributed by atoms with E-state index in [1.807, 2.05) is 18.5 Å². The highest BCUT2D eigenvalue weighted by Crippen LogP contribution is 2.29. The Morgan fingerprint density at radius 2 is 1.93 bits per heavy atom. The number of aryl methyl sites for hydroxylation is 1. The van der Waals surface area contributed by atoms with Crippen LogP contribution in [0.25, 0.3) is 0 Å². The normalized spacial score (nSPS) is 22.1. The third-order valence-corrected chi connectivity index (χ3v) is 6.02. The van der Waals surface area contributed by atoms with E-state index in [9.17, 15) is 0 Å². The number of ether oxygens (including phenoxy) is 1. The molecule has 3 heterocycles. The summed E-state index contributed by atoms with van der Waals surface area (Å²) >= 11 is 0. The molecule has 0 spiro atoms. The lowest BCUT2D eigenvalue weighted by atomic mass is 10.0. The van der Waals surface area contributed by atoms with Gasteiger partial charge in [0.1, 0.15) is 11.6 Å². The standard InChI is InChI=1S/C21H31N5O/c1-23-11-9-22-21(23)17-24-10-5-6-18(16-24)25-12-14-26(15-13-25)19-7-3-4-8-20(19)27-2/h3-4,7-9,11,18H,5-6,10,12-17H2,1-2H3/t18-/m1/s1. The fraction of sp³-hybridized carbons (Fsp3) is 0.571. The molecule has 1 aromatic carbocycles. The van der Waals surface area contributed by atoms with E-state index >= 15 is 0 Å². The zero-order chi connectivity index (χ0) is 18.6. The van der Waals surface area contributed by atoms with Crippen LogP contribution in [-0.2, 0) is 13.6 Å². The van der Waals surface area contributed by atoms with Crippen LogP contribution < -0.4 is 9.64 Å². The number of methoxy groups -OCH3 is 1. The van der Waals surface area contributed by atoms with Gasteiger partial charge in [0.25, 0.3) is 0 Å². The van der Waals surface area contributed by atoms with Gasteiger partial charge in [0.15, 0.2) is 0 Å². The molecule has 6 nitrogen and oxygen atoms in total. The van der Waals surface area contributed by atoms with Gasteiger partial charge < -0.3 is 14.2 Å². The second kappa shape index (κ2) is 8.31. The van der Waals surface area contributed by atoms with E-state index in [0.717, 1.165) is 50.8 Å². The van der Waals surface area contributed by atoms with Crippen molar-refractivity contribution in [2.75, 3.05) is 51.3 Å². The lowest BCUT2D eigenvalue weighted by Gasteiger charge is -2.44. The summed E-state index contributed by atoms with van der Waals surface area (Å²) in [5.41, 5.74) is 1.22. The number of hydrogen-bond donors (Lipinski definition) is 0. The molecule has 2 aliphatic heterocycles. The van der Waals surface area contributed by atoms with Crippen LogP contribution in [0.2, 0.25) is 0 Å². The number of aromatic nitrogens is 2. The summed E-state index contributed by atoms with van der Waals surface area (Å²) in [6.45, 7) is 7.68. The first-order valence-corrected chi connectivity index (χ1v) is 10.0. The van der Waals surface area contributed by atoms with E-state index in [0.29, 0.717) is 6.04 Å². The van der Waals surface area contributed by atoms with Crippen LogP contribution in [0, 0.1) is 0 Å². The van der Waals surface area contributed by atoms with E-state index in [2.05, 4.69) is 49.5 Å². The number of rotatable bonds is 5. The van der Waals surface area contributed by atoms with Gasteiger partial charge in [-0.2, -0.15) is 0 Å². The SMILES string of the molecule is COc1ccccc1N1CCN([C@@H]2CCCN(Cc3nccn3C)C2)CC1. The third-order valence-electron chi connectivity index (χ3n) is 6.02. The fourth-order valence-corrected chi connectivity index (χ4v) is 4.44. The number of anilines is 1. The van der Waals surface area contributed by atoms with Crippen molar-refractivity contribution >= 4 is 5.69 Å². The minimum Gasteiger partial charge on any atom is -0.495 e. The zero-order valence-corrected chi connectivity index (χ0v) is 16.5. The van der Waals surface area contributed by atoms with Crippen LogP contribution in [0.3, 0.4) is 0 Å². The van der Waals surface area contributed by atoms with Gasteiger partial charge in [-0.25, -0.2) is 4.98 Å². The van der Waals surface area contributed by atoms with Crippen molar-refractivity contribution in [1.29, 1.82) is 0 Å². The Hall–Kier alpha value is -2.05. The van der Waals surface area contributed by atoms with E-state index in [-0.39, 0.29) is 0 Å². The van der Waals surface area contributed by atoms with Crippen LogP contribution in [0.5, 0.6) is 5.75 Å². The van der Waals surface area contributed by atoms with Gasteiger partial charge in [0, 0.05) is 58.2 Å². The lowest BCUT2D eigenvalue weighted by Crippen LogP contribution is -2.55. The zero-order valence-electron chi connectivity index (χ0n) is 16.5. The van der Waals surface area contributed by atoms with Crippen molar-refractivity contribution in [3.05, 3.63) is 42.5 Å². The monoisotopic (exact) mass is 369 g/mol. The minimum absolute atomic E-state index is 0.666. The van der Waals surface area contributed by atoms with Crippen LogP contribution in [-0.4, -0.2) is 71.8 Å². The quantitative estimate of drug-likeness (QED) is 0.808. The summed E-state index contributed by atoms with van der Waals surface area (Å²) < 4.78 is 7.68. The Balaban J connectivity index is 1.33. The number of likely N-dealkylation sites (tertiary alicyclic amines) is 1. The van der Waals surface area contributed by atoms with E-state index in [1.54, 1.807) is 7.11 Å². The molecule has 1 aromatic heterocycles. The van der Waals surface area contributed by atoms with E-state index < -0.39 is 0 Å². The Morgan fingerprint density at radius 3 is 2.67 bits per heavy atom. The van der Waals surface area contributed by atoms with Crippen molar-refractivity contribution in [3.8, 4) is 5.75 Å². The molecule has 0 amide bonds. The van der Waals surface area contributed by atoms with Crippen molar-refractivity contribution in [1.82, 2.24) is 19.4 Å². The maximum absolute atomic E-state index is 5.55. The second-order valence-corrected chi connectivity index (χ2v) is 7.68. The Morgan fingerprint density at radius 1 is 1.11 bits per heavy atom. The molecule has 0 N–H and O–H groups in total. The van der Waals surface area contributed by atoms with Gasteiger partial charge in [-0.05, 0) is 31.5 Å². The number of benzene rings is 1. The van der Waals surface area contributed by atoms with Gasteiger partial charge in [0.2, 0.25) is 0 Å². The molecule has 0 radical (unpaired) electrons. The summed E-state index contributed by atoms with van der Waals surface area (Å²) in [5.74, 6) is 2.14. The molecule has 146 valence electrons. The molecule has 2 fully saturated rings. The van der Waals surface area contributed by atoms with Gasteiger partial charge in [-0.3, -0.25) is 9.80 Å². The number of piperazine rings is 1. The molecule has 2 saturated heterocycles. The molecular weight excluding hydrogens is 338 g/mol. The summed E-state index contributed by atoms with van der Waals surface area (Å²) in [7, 11) is 3.84. The number of hydrogen-bond acceptors (Lipinski definition) is 5. The fourth-order valence-electron chi connectivity index (χ4n) is 4.44. The van der Waals surface area contributed by atoms with Gasteiger partial charge in [-0.15, -0.1) is 0 Å². The number of nitrogens with zero attached hydrogens (tertiary/aromatic N) is 5. The molecule has 0 aliphatic carbocycles. The van der Waals surface area contributed by atoms with Gasteiger partial charge in [0.05, 0.1) is 19.3 Å². The molecule has 0 bridgehead atoms. The Kier molecular flexibility index (Phi) is 5.64. The molecule has 27 heavy (non-hydrogen) atoms. The average Bonchev–Trinajstić information content (AvgIpc) is 3.13. The molecule has 2 aromatic rings. The van der Waals surface area contributed by atoms with Crippen LogP contribution in [0.4, 0.5) is 5.69 Å². The highest BCUT2D eigenvalue weighted by Gasteiger charge is 2.29. The molecule has 4 rings (SSSR count). The molecule has 1 atom stereocenters. The maximum Gasteiger partial charge on any atom is 0.142 e. The number of imidazole rings is 1. The molecule has 6 heteroatoms. The first-order valence-electron chi connectivity index (χ1n) is 10.0.